The van der Waals surface area contributed by atoms with E-state index in [1.807, 2.05) is 37.3 Å². The zero-order valence-corrected chi connectivity index (χ0v) is 10.4. The van der Waals surface area contributed by atoms with Gasteiger partial charge in [-0.15, -0.1) is 11.6 Å². The minimum absolute atomic E-state index is 0.0134. The molecule has 2 aliphatic heterocycles. The molecule has 1 aromatic rings. The number of hydrogen-bond acceptors (Lipinski definition) is 2. The monoisotopic (exact) mass is 251 g/mol. The summed E-state index contributed by atoms with van der Waals surface area (Å²) >= 11 is 6.03. The fourth-order valence-electron chi connectivity index (χ4n) is 2.78. The molecule has 2 saturated heterocycles. The summed E-state index contributed by atoms with van der Waals surface area (Å²) in [6.07, 6.45) is 0.683. The van der Waals surface area contributed by atoms with Crippen LogP contribution in [0.3, 0.4) is 0 Å². The van der Waals surface area contributed by atoms with Gasteiger partial charge in [-0.3, -0.25) is 4.79 Å². The molecule has 3 nitrogen and oxygen atoms in total. The van der Waals surface area contributed by atoms with Gasteiger partial charge in [-0.25, -0.2) is 0 Å². The summed E-state index contributed by atoms with van der Waals surface area (Å²) in [5, 5.41) is -0.396. The van der Waals surface area contributed by atoms with E-state index < -0.39 is 11.1 Å². The first-order chi connectivity index (χ1) is 8.13. The Labute approximate surface area is 105 Å². The Balaban J connectivity index is 2.01. The highest BCUT2D eigenvalue weighted by atomic mass is 35.5. The van der Waals surface area contributed by atoms with E-state index >= 15 is 0 Å². The van der Waals surface area contributed by atoms with E-state index in [0.29, 0.717) is 13.0 Å². The largest absolute Gasteiger partial charge is 0.349 e. The van der Waals surface area contributed by atoms with E-state index in [-0.39, 0.29) is 11.9 Å². The van der Waals surface area contributed by atoms with Crippen molar-refractivity contribution in [1.29, 1.82) is 0 Å². The highest BCUT2D eigenvalue weighted by Gasteiger charge is 2.54. The molecular weight excluding hydrogens is 238 g/mol. The maximum absolute atomic E-state index is 12.1. The third kappa shape index (κ3) is 1.49. The van der Waals surface area contributed by atoms with Crippen molar-refractivity contribution in [2.45, 2.75) is 30.5 Å². The number of amides is 1. The third-order valence-corrected chi connectivity index (χ3v) is 4.04. The highest BCUT2D eigenvalue weighted by molar-refractivity contribution is 6.31. The molecule has 1 amide bonds. The minimum atomic E-state index is -0.660. The normalized spacial score (nSPS) is 36.4. The maximum Gasteiger partial charge on any atom is 0.243 e. The first kappa shape index (κ1) is 11.1. The molecule has 0 aromatic heterocycles. The molecule has 2 heterocycles. The van der Waals surface area contributed by atoms with Gasteiger partial charge in [0.25, 0.3) is 0 Å². The smallest absolute Gasteiger partial charge is 0.243 e. The number of fused-ring (bicyclic) bond motifs is 1. The van der Waals surface area contributed by atoms with Crippen molar-refractivity contribution >= 4 is 17.5 Å². The van der Waals surface area contributed by atoms with Gasteiger partial charge in [-0.05, 0) is 13.3 Å². The minimum Gasteiger partial charge on any atom is -0.349 e. The van der Waals surface area contributed by atoms with E-state index in [1.54, 1.807) is 4.90 Å². The second kappa shape index (κ2) is 3.72. The number of hydrogen-bond donors (Lipinski definition) is 0. The van der Waals surface area contributed by atoms with E-state index in [2.05, 4.69) is 0 Å². The number of benzene rings is 1. The van der Waals surface area contributed by atoms with Gasteiger partial charge >= 0.3 is 0 Å². The van der Waals surface area contributed by atoms with Crippen LogP contribution in [0.1, 0.15) is 18.9 Å². The number of carbonyl (C=O) groups is 1. The Bertz CT molecular complexity index is 450. The summed E-state index contributed by atoms with van der Waals surface area (Å²) in [6.45, 7) is 2.51. The predicted molar refractivity (Wildman–Crippen MR) is 64.6 cm³/mol. The SMILES string of the molecule is C[C@]1(c2ccccc2)OC[C@@H]2C[C@H](Cl)C(=O)N21. The molecule has 3 rings (SSSR count). The second-order valence-electron chi connectivity index (χ2n) is 4.73. The van der Waals surface area contributed by atoms with Gasteiger partial charge in [0, 0.05) is 5.56 Å². The van der Waals surface area contributed by atoms with Gasteiger partial charge < -0.3 is 9.64 Å². The van der Waals surface area contributed by atoms with Crippen LogP contribution < -0.4 is 0 Å². The van der Waals surface area contributed by atoms with Crippen molar-refractivity contribution in [3.8, 4) is 0 Å². The Hall–Kier alpha value is -1.06. The zero-order valence-electron chi connectivity index (χ0n) is 9.60. The Morgan fingerprint density at radius 3 is 2.82 bits per heavy atom. The van der Waals surface area contributed by atoms with Crippen molar-refractivity contribution < 1.29 is 9.53 Å². The Morgan fingerprint density at radius 2 is 2.12 bits per heavy atom. The molecule has 1 aromatic carbocycles. The van der Waals surface area contributed by atoms with Crippen molar-refractivity contribution in [3.63, 3.8) is 0 Å². The lowest BCUT2D eigenvalue weighted by Crippen LogP contribution is -2.44. The Kier molecular flexibility index (Phi) is 2.42. The number of carbonyl (C=O) groups excluding carboxylic acids is 1. The van der Waals surface area contributed by atoms with E-state index in [0.717, 1.165) is 5.56 Å². The standard InChI is InChI=1S/C13H14ClNO2/c1-13(9-5-3-2-4-6-9)15-10(8-17-13)7-11(14)12(15)16/h2-6,10-11H,7-8H2,1H3/t10-,11-,13+/m0/s1. The first-order valence-electron chi connectivity index (χ1n) is 5.79. The molecule has 90 valence electrons. The van der Waals surface area contributed by atoms with E-state index in [9.17, 15) is 4.79 Å². The summed E-state index contributed by atoms with van der Waals surface area (Å²) in [6, 6.07) is 9.95. The molecule has 0 radical (unpaired) electrons. The van der Waals surface area contributed by atoms with Gasteiger partial charge in [0.15, 0.2) is 5.72 Å². The quantitative estimate of drug-likeness (QED) is 0.716. The number of halogens is 1. The van der Waals surface area contributed by atoms with Crippen LogP contribution >= 0.6 is 11.6 Å². The fourth-order valence-corrected chi connectivity index (χ4v) is 3.09. The summed E-state index contributed by atoms with van der Waals surface area (Å²) in [7, 11) is 0. The molecular formula is C13H14ClNO2. The van der Waals surface area contributed by atoms with Crippen molar-refractivity contribution in [1.82, 2.24) is 4.90 Å². The van der Waals surface area contributed by atoms with Gasteiger partial charge in [0.2, 0.25) is 5.91 Å². The average Bonchev–Trinajstić information content (AvgIpc) is 2.82. The first-order valence-corrected chi connectivity index (χ1v) is 6.23. The second-order valence-corrected chi connectivity index (χ2v) is 5.25. The lowest BCUT2D eigenvalue weighted by Gasteiger charge is -2.33. The molecule has 2 fully saturated rings. The van der Waals surface area contributed by atoms with E-state index in [4.69, 9.17) is 16.3 Å². The average molecular weight is 252 g/mol. The zero-order chi connectivity index (χ0) is 12.0. The molecule has 4 heteroatoms. The van der Waals surface area contributed by atoms with Crippen molar-refractivity contribution in [3.05, 3.63) is 35.9 Å². The molecule has 3 atom stereocenters. The van der Waals surface area contributed by atoms with Crippen LogP contribution in [0.2, 0.25) is 0 Å². The van der Waals surface area contributed by atoms with Crippen LogP contribution in [0.15, 0.2) is 30.3 Å². The molecule has 2 aliphatic rings. The topological polar surface area (TPSA) is 29.5 Å². The number of rotatable bonds is 1. The van der Waals surface area contributed by atoms with Crippen molar-refractivity contribution in [2.75, 3.05) is 6.61 Å². The summed E-state index contributed by atoms with van der Waals surface area (Å²) in [5.74, 6) is -0.0134. The van der Waals surface area contributed by atoms with Crippen LogP contribution in [-0.4, -0.2) is 28.8 Å². The number of nitrogens with zero attached hydrogens (tertiary/aromatic N) is 1. The molecule has 0 saturated carbocycles. The van der Waals surface area contributed by atoms with Gasteiger partial charge in [0.05, 0.1) is 12.6 Å². The number of ether oxygens (including phenoxy) is 1. The molecule has 0 spiro atoms. The summed E-state index contributed by atoms with van der Waals surface area (Å²) < 4.78 is 5.86. The fraction of sp³-hybridized carbons (Fsp3) is 0.462. The van der Waals surface area contributed by atoms with E-state index in [1.165, 1.54) is 0 Å². The summed E-state index contributed by atoms with van der Waals surface area (Å²) in [4.78, 5) is 13.9. The Morgan fingerprint density at radius 1 is 1.41 bits per heavy atom. The van der Waals surface area contributed by atoms with Crippen LogP contribution in [-0.2, 0) is 15.3 Å². The van der Waals surface area contributed by atoms with Gasteiger partial charge in [0.1, 0.15) is 5.38 Å². The van der Waals surface area contributed by atoms with Gasteiger partial charge in [-0.2, -0.15) is 0 Å². The van der Waals surface area contributed by atoms with Crippen LogP contribution in [0.5, 0.6) is 0 Å². The molecule has 0 bridgehead atoms. The highest BCUT2D eigenvalue weighted by Crippen LogP contribution is 2.43. The maximum atomic E-state index is 12.1. The predicted octanol–water partition coefficient (Wildman–Crippen LogP) is 2.10. The molecule has 0 aliphatic carbocycles. The molecule has 0 N–H and O–H groups in total. The lowest BCUT2D eigenvalue weighted by molar-refractivity contribution is -0.145. The van der Waals surface area contributed by atoms with Crippen LogP contribution in [0.4, 0.5) is 0 Å². The van der Waals surface area contributed by atoms with Crippen LogP contribution in [0, 0.1) is 0 Å². The molecule has 17 heavy (non-hydrogen) atoms. The van der Waals surface area contributed by atoms with Crippen molar-refractivity contribution in [2.24, 2.45) is 0 Å². The van der Waals surface area contributed by atoms with Crippen LogP contribution in [0.25, 0.3) is 0 Å². The molecule has 0 unspecified atom stereocenters. The summed E-state index contributed by atoms with van der Waals surface area (Å²) in [5.41, 5.74) is 0.341. The lowest BCUT2D eigenvalue weighted by atomic mass is 10.0. The number of alkyl halides is 1. The van der Waals surface area contributed by atoms with Gasteiger partial charge in [-0.1, -0.05) is 30.3 Å². The third-order valence-electron chi connectivity index (χ3n) is 3.68.